The Balaban J connectivity index is 2.40. The number of carbonyl (C=O) groups is 1. The van der Waals surface area contributed by atoms with Crippen LogP contribution in [0.1, 0.15) is 28.4 Å². The largest absolute Gasteiger partial charge is 0.354 e. The fourth-order valence-corrected chi connectivity index (χ4v) is 2.12. The van der Waals surface area contributed by atoms with Gasteiger partial charge in [0.2, 0.25) is 0 Å². The second-order valence-corrected chi connectivity index (χ2v) is 4.68. The van der Waals surface area contributed by atoms with Gasteiger partial charge < -0.3 is 19.6 Å². The van der Waals surface area contributed by atoms with E-state index in [-0.39, 0.29) is 22.0 Å². The number of amides is 1. The summed E-state index contributed by atoms with van der Waals surface area (Å²) in [6.45, 7) is -4.03. The minimum absolute atomic E-state index is 0.00120. The monoisotopic (exact) mass is 323 g/mol. The summed E-state index contributed by atoms with van der Waals surface area (Å²) >= 11 is 0. The first kappa shape index (κ1) is 6.87. The highest BCUT2D eigenvalue weighted by atomic mass is 16.2. The molecule has 0 unspecified atom stereocenters. The molecule has 0 aliphatic carbocycles. The van der Waals surface area contributed by atoms with Crippen molar-refractivity contribution in [1.29, 1.82) is 0 Å². The molecule has 0 bridgehead atoms. The second kappa shape index (κ2) is 6.24. The fourth-order valence-electron chi connectivity index (χ4n) is 2.12. The molecule has 2 aromatic rings. The Morgan fingerprint density at radius 1 is 1.78 bits per heavy atom. The van der Waals surface area contributed by atoms with Crippen LogP contribution in [-0.2, 0) is 4.79 Å². The van der Waals surface area contributed by atoms with Crippen molar-refractivity contribution < 1.29 is 19.9 Å². The van der Waals surface area contributed by atoms with E-state index in [9.17, 15) is 4.79 Å². The van der Waals surface area contributed by atoms with E-state index in [1.165, 1.54) is 6.20 Å². The number of rotatable bonds is 3. The van der Waals surface area contributed by atoms with Gasteiger partial charge in [-0.05, 0) is 18.4 Å². The molecular weight excluding hydrogens is 292 g/mol. The molecule has 1 N–H and O–H groups in total. The zero-order valence-electron chi connectivity index (χ0n) is 23.1. The van der Waals surface area contributed by atoms with Crippen molar-refractivity contribution in [3.63, 3.8) is 0 Å². The van der Waals surface area contributed by atoms with Crippen molar-refractivity contribution in [2.24, 2.45) is 5.89 Å². The first-order valence-corrected chi connectivity index (χ1v) is 6.59. The molecule has 2 aromatic heterocycles. The molecule has 7 heteroatoms. The van der Waals surface area contributed by atoms with Gasteiger partial charge in [0.25, 0.3) is 6.54 Å². The number of piperidine rings is 1. The maximum Gasteiger partial charge on any atom is 0.302 e. The molecule has 0 spiro atoms. The highest BCUT2D eigenvalue weighted by molar-refractivity contribution is 5.87. The summed E-state index contributed by atoms with van der Waals surface area (Å²) in [5, 5.41) is -0.0959. The molecule has 23 heavy (non-hydrogen) atoms. The van der Waals surface area contributed by atoms with Crippen LogP contribution < -0.4 is 4.90 Å². The third kappa shape index (κ3) is 2.84. The maximum atomic E-state index is 12.7. The summed E-state index contributed by atoms with van der Waals surface area (Å²) in [6, 6.07) is -3.48. The summed E-state index contributed by atoms with van der Waals surface area (Å²) in [6.07, 6.45) is -0.724. The number of likely N-dealkylation sites (tertiary alicyclic amines) is 1. The molecule has 120 valence electrons. The predicted molar refractivity (Wildman–Crippen MR) is 87.9 cm³/mol. The molecule has 1 aliphatic heterocycles. The molecule has 3 rings (SSSR count). The van der Waals surface area contributed by atoms with Crippen LogP contribution in [0.5, 0.6) is 0 Å². The van der Waals surface area contributed by atoms with Gasteiger partial charge in [0.15, 0.2) is 0 Å². The zero-order chi connectivity index (χ0) is 26.1. The highest BCUT2D eigenvalue weighted by Gasteiger charge is 2.33. The Bertz CT molecular complexity index is 1190. The Hall–Kier alpha value is -2.62. The number of H-pyrrole nitrogens is 1. The Labute approximate surface area is 150 Å². The van der Waals surface area contributed by atoms with Crippen molar-refractivity contribution in [3.05, 3.63) is 30.0 Å². The lowest BCUT2D eigenvalue weighted by Crippen LogP contribution is -2.53. The Kier molecular flexibility index (Phi) is 1.87. The molecule has 0 saturated carbocycles. The lowest BCUT2D eigenvalue weighted by molar-refractivity contribution is -0.130. The maximum absolute atomic E-state index is 12.7. The second-order valence-electron chi connectivity index (χ2n) is 4.68. The average Bonchev–Trinajstić information content (AvgIpc) is 3.04. The lowest BCUT2D eigenvalue weighted by atomic mass is 9.92. The molecule has 0 radical (unpaired) electrons. The average molecular weight is 323 g/mol. The number of nitrogens with zero attached hydrogens (tertiary/aromatic N) is 5. The van der Waals surface area contributed by atoms with E-state index in [1.807, 2.05) is 0 Å². The van der Waals surface area contributed by atoms with Gasteiger partial charge in [-0.2, -0.15) is 0 Å². The van der Waals surface area contributed by atoms with Crippen LogP contribution in [0.3, 0.4) is 0 Å². The fraction of sp³-hybridized carbons (Fsp3) is 0.500. The van der Waals surface area contributed by atoms with Crippen molar-refractivity contribution >= 4 is 22.8 Å². The smallest absolute Gasteiger partial charge is 0.302 e. The third-order valence-electron chi connectivity index (χ3n) is 3.24. The van der Waals surface area contributed by atoms with Gasteiger partial charge in [0.1, 0.15) is 19.1 Å². The molecule has 1 saturated heterocycles. The van der Waals surface area contributed by atoms with Gasteiger partial charge in [-0.3, -0.25) is 4.79 Å². The van der Waals surface area contributed by atoms with Crippen LogP contribution >= 0.6 is 0 Å². The first-order chi connectivity index (χ1) is 15.4. The molecule has 3 heterocycles. The number of carbonyl (C=O) groups excluding carboxylic acids is 1. The highest BCUT2D eigenvalue weighted by Crippen LogP contribution is 2.28. The van der Waals surface area contributed by atoms with Gasteiger partial charge in [0, 0.05) is 34.5 Å². The molecule has 2 atom stereocenters. The summed E-state index contributed by atoms with van der Waals surface area (Å²) in [4.78, 5) is 26.4. The van der Waals surface area contributed by atoms with Crippen molar-refractivity contribution in [2.75, 3.05) is 31.5 Å². The number of aromatic nitrogens is 3. The molecule has 1 fully saturated rings. The molecule has 1 amide bonds. The Morgan fingerprint density at radius 3 is 3.43 bits per heavy atom. The van der Waals surface area contributed by atoms with E-state index in [0.717, 1.165) is 7.05 Å². The molecule has 1 aliphatic rings. The number of anilines is 1. The molecule has 0 aromatic carbocycles. The van der Waals surface area contributed by atoms with Gasteiger partial charge in [0.05, 0.1) is 16.9 Å². The molecule has 7 nitrogen and oxygen atoms in total. The lowest BCUT2D eigenvalue weighted by Gasteiger charge is -2.41. The quantitative estimate of drug-likeness (QED) is 0.870. The standard InChI is InChI=1S/C16H20N6O/c1-11-5-7-22(14(23)8-17-2)9-13(11)21(3)16-12-4-6-18-15(12)19-10-20-16/h4,6,10-11,13H,5,7-9H2,1,3H3,(H,18,19,20)/t11-,13+/m1/s1/i1D3,4D,7D2,9D2,10D,11D,13D. The minimum atomic E-state index is -3.50. The van der Waals surface area contributed by atoms with Crippen molar-refractivity contribution in [1.82, 2.24) is 19.9 Å². The summed E-state index contributed by atoms with van der Waals surface area (Å²) in [5.74, 6) is -4.95. The van der Waals surface area contributed by atoms with E-state index in [1.54, 1.807) is 0 Å². The van der Waals surface area contributed by atoms with E-state index in [4.69, 9.17) is 21.7 Å². The van der Waals surface area contributed by atoms with Crippen molar-refractivity contribution in [3.8, 4) is 0 Å². The van der Waals surface area contributed by atoms with E-state index < -0.39 is 62.8 Å². The predicted octanol–water partition coefficient (Wildman–Crippen LogP) is 1.55. The zero-order valence-corrected chi connectivity index (χ0v) is 12.1. The van der Waals surface area contributed by atoms with Gasteiger partial charge in [-0.25, -0.2) is 16.5 Å². The Morgan fingerprint density at radius 2 is 2.65 bits per heavy atom. The van der Waals surface area contributed by atoms with E-state index in [2.05, 4.69) is 19.8 Å². The van der Waals surface area contributed by atoms with Crippen LogP contribution in [0.4, 0.5) is 5.82 Å². The normalized spacial score (nSPS) is 39.5. The van der Waals surface area contributed by atoms with Gasteiger partial charge >= 0.3 is 5.91 Å². The third-order valence-corrected chi connectivity index (χ3v) is 3.24. The number of hydrogen-bond acceptors (Lipinski definition) is 4. The van der Waals surface area contributed by atoms with E-state index in [0.29, 0.717) is 4.90 Å². The SMILES string of the molecule is [2H]c1nc(N(C)[C@@]2([2H])C([2H])([2H])N(C(=O)C[N+]#[C-])C([2H])([2H])C[C@@]2([2H])C([2H])([2H])[2H])c2c([2H])c[nH]c2n1. The number of hydrogen-bond donors (Lipinski definition) is 1. The van der Waals surface area contributed by atoms with Crippen molar-refractivity contribution in [2.45, 2.75) is 19.3 Å². The number of likely N-dealkylation sites (N-methyl/N-ethyl adjacent to an activating group) is 1. The van der Waals surface area contributed by atoms with Gasteiger partial charge in [-0.1, -0.05) is 6.85 Å². The number of nitrogens with one attached hydrogen (secondary N) is 1. The van der Waals surface area contributed by atoms with Crippen LogP contribution in [0.15, 0.2) is 18.5 Å². The van der Waals surface area contributed by atoms with E-state index >= 15 is 0 Å². The molecular formula is C16H20N6O. The summed E-state index contributed by atoms with van der Waals surface area (Å²) in [5.41, 5.74) is -0.0347. The summed E-state index contributed by atoms with van der Waals surface area (Å²) < 4.78 is 91.6. The van der Waals surface area contributed by atoms with Crippen LogP contribution in [0.2, 0.25) is 0 Å². The minimum Gasteiger partial charge on any atom is -0.354 e. The number of aromatic amines is 1. The van der Waals surface area contributed by atoms with Crippen LogP contribution in [0.25, 0.3) is 15.9 Å². The van der Waals surface area contributed by atoms with Gasteiger partial charge in [-0.15, -0.1) is 0 Å². The van der Waals surface area contributed by atoms with Crippen LogP contribution in [0, 0.1) is 12.5 Å². The summed E-state index contributed by atoms with van der Waals surface area (Å²) in [7, 11) is 1.02. The first-order valence-electron chi connectivity index (χ1n) is 12.1. The topological polar surface area (TPSA) is 69.5 Å². The van der Waals surface area contributed by atoms with Crippen LogP contribution in [-0.4, -0.2) is 58.4 Å². The number of fused-ring (bicyclic) bond motifs is 1.